The monoisotopic (exact) mass is 506 g/mol. The van der Waals surface area contributed by atoms with E-state index in [-0.39, 0.29) is 23.0 Å². The molecule has 2 bridgehead atoms. The van der Waals surface area contributed by atoms with Crippen LogP contribution in [0.3, 0.4) is 0 Å². The quantitative estimate of drug-likeness (QED) is 0.570. The van der Waals surface area contributed by atoms with E-state index in [1.807, 2.05) is 16.7 Å². The number of halogens is 1. The SMILES string of the molecule is O=c1cc(CN2C[C@@H]3C[C@H](C2)c2cccc(=O)n2C3)oc(CN2CCN(c3ccc(F)cc3)CC2)c1O. The van der Waals surface area contributed by atoms with Crippen molar-refractivity contribution in [1.29, 1.82) is 0 Å². The maximum absolute atomic E-state index is 13.2. The third-order valence-corrected chi connectivity index (χ3v) is 7.91. The van der Waals surface area contributed by atoms with E-state index in [1.165, 1.54) is 18.2 Å². The molecule has 3 aliphatic heterocycles. The molecule has 6 rings (SSSR count). The van der Waals surface area contributed by atoms with Crippen LogP contribution in [-0.4, -0.2) is 58.7 Å². The number of likely N-dealkylation sites (tertiary alicyclic amines) is 1. The van der Waals surface area contributed by atoms with Crippen molar-refractivity contribution in [2.45, 2.75) is 32.0 Å². The van der Waals surface area contributed by atoms with Crippen LogP contribution >= 0.6 is 0 Å². The molecule has 194 valence electrons. The largest absolute Gasteiger partial charge is 0.502 e. The molecular formula is C28H31FN4O4. The van der Waals surface area contributed by atoms with Gasteiger partial charge in [-0.3, -0.25) is 19.4 Å². The summed E-state index contributed by atoms with van der Waals surface area (Å²) in [5, 5.41) is 10.5. The average Bonchev–Trinajstić information content (AvgIpc) is 2.89. The third-order valence-electron chi connectivity index (χ3n) is 7.91. The molecule has 0 amide bonds. The summed E-state index contributed by atoms with van der Waals surface area (Å²) in [6.45, 7) is 6.19. The molecule has 3 aliphatic rings. The van der Waals surface area contributed by atoms with Crippen molar-refractivity contribution in [1.82, 2.24) is 14.4 Å². The highest BCUT2D eigenvalue weighted by Crippen LogP contribution is 2.35. The van der Waals surface area contributed by atoms with E-state index in [0.29, 0.717) is 30.5 Å². The molecule has 2 saturated heterocycles. The van der Waals surface area contributed by atoms with Gasteiger partial charge in [-0.15, -0.1) is 0 Å². The Morgan fingerprint density at radius 1 is 0.919 bits per heavy atom. The second-order valence-corrected chi connectivity index (χ2v) is 10.5. The highest BCUT2D eigenvalue weighted by Gasteiger charge is 2.34. The molecule has 0 aliphatic carbocycles. The number of pyridine rings is 1. The number of benzene rings is 1. The van der Waals surface area contributed by atoms with Gasteiger partial charge in [0, 0.05) is 75.2 Å². The van der Waals surface area contributed by atoms with Crippen molar-refractivity contribution in [3.05, 3.63) is 92.1 Å². The predicted octanol–water partition coefficient (Wildman–Crippen LogP) is 2.59. The minimum atomic E-state index is -0.421. The lowest BCUT2D eigenvalue weighted by Gasteiger charge is -2.42. The summed E-state index contributed by atoms with van der Waals surface area (Å²) in [6.07, 6.45) is 1.06. The van der Waals surface area contributed by atoms with Crippen LogP contribution in [0.4, 0.5) is 10.1 Å². The Bertz CT molecular complexity index is 1390. The number of piperazine rings is 1. The minimum Gasteiger partial charge on any atom is -0.502 e. The van der Waals surface area contributed by atoms with Crippen molar-refractivity contribution in [2.75, 3.05) is 44.2 Å². The molecule has 1 N–H and O–H groups in total. The van der Waals surface area contributed by atoms with Crippen molar-refractivity contribution in [3.8, 4) is 5.75 Å². The van der Waals surface area contributed by atoms with Crippen LogP contribution in [0.2, 0.25) is 0 Å². The molecule has 0 radical (unpaired) electrons. The summed E-state index contributed by atoms with van der Waals surface area (Å²) in [4.78, 5) is 31.5. The van der Waals surface area contributed by atoms with E-state index < -0.39 is 5.43 Å². The number of anilines is 1. The van der Waals surface area contributed by atoms with Crippen LogP contribution in [0.25, 0.3) is 0 Å². The van der Waals surface area contributed by atoms with Crippen molar-refractivity contribution >= 4 is 5.69 Å². The second-order valence-electron chi connectivity index (χ2n) is 10.5. The summed E-state index contributed by atoms with van der Waals surface area (Å²) >= 11 is 0. The third kappa shape index (κ3) is 4.93. The van der Waals surface area contributed by atoms with Gasteiger partial charge >= 0.3 is 0 Å². The second kappa shape index (κ2) is 9.79. The molecule has 1 aromatic carbocycles. The number of nitrogens with zero attached hydrogens (tertiary/aromatic N) is 4. The highest BCUT2D eigenvalue weighted by atomic mass is 19.1. The van der Waals surface area contributed by atoms with Gasteiger partial charge in [0.05, 0.1) is 13.1 Å². The predicted molar refractivity (Wildman–Crippen MR) is 137 cm³/mol. The molecule has 2 fully saturated rings. The number of fused-ring (bicyclic) bond motifs is 4. The lowest BCUT2D eigenvalue weighted by atomic mass is 9.83. The van der Waals surface area contributed by atoms with Crippen LogP contribution < -0.4 is 15.9 Å². The molecule has 37 heavy (non-hydrogen) atoms. The molecule has 0 unspecified atom stereocenters. The van der Waals surface area contributed by atoms with Gasteiger partial charge in [0.1, 0.15) is 11.6 Å². The molecule has 5 heterocycles. The Labute approximate surface area is 214 Å². The van der Waals surface area contributed by atoms with Gasteiger partial charge in [0.25, 0.3) is 5.56 Å². The Kier molecular flexibility index (Phi) is 6.34. The summed E-state index contributed by atoms with van der Waals surface area (Å²) in [6, 6.07) is 13.4. The van der Waals surface area contributed by atoms with Crippen LogP contribution in [-0.2, 0) is 19.6 Å². The van der Waals surface area contributed by atoms with Gasteiger partial charge in [0.15, 0.2) is 5.76 Å². The van der Waals surface area contributed by atoms with Gasteiger partial charge in [-0.1, -0.05) is 6.07 Å². The zero-order valence-corrected chi connectivity index (χ0v) is 20.7. The molecule has 0 spiro atoms. The Balaban J connectivity index is 1.12. The molecule has 2 atom stereocenters. The number of hydrogen-bond donors (Lipinski definition) is 1. The summed E-state index contributed by atoms with van der Waals surface area (Å²) in [5.41, 5.74) is 1.71. The zero-order chi connectivity index (χ0) is 25.5. The number of aromatic hydroxyl groups is 1. The van der Waals surface area contributed by atoms with Crippen molar-refractivity contribution < 1.29 is 13.9 Å². The molecule has 2 aromatic heterocycles. The van der Waals surface area contributed by atoms with E-state index in [1.54, 1.807) is 18.2 Å². The lowest BCUT2D eigenvalue weighted by Crippen LogP contribution is -2.46. The van der Waals surface area contributed by atoms with Crippen LogP contribution in [0.1, 0.15) is 29.6 Å². The maximum atomic E-state index is 13.2. The Morgan fingerprint density at radius 3 is 2.49 bits per heavy atom. The maximum Gasteiger partial charge on any atom is 0.250 e. The Morgan fingerprint density at radius 2 is 1.70 bits per heavy atom. The summed E-state index contributed by atoms with van der Waals surface area (Å²) in [5.74, 6) is 0.934. The van der Waals surface area contributed by atoms with E-state index in [2.05, 4.69) is 14.7 Å². The Hall–Kier alpha value is -3.43. The van der Waals surface area contributed by atoms with Crippen molar-refractivity contribution in [2.24, 2.45) is 5.92 Å². The lowest BCUT2D eigenvalue weighted by molar-refractivity contribution is 0.105. The van der Waals surface area contributed by atoms with E-state index >= 15 is 0 Å². The van der Waals surface area contributed by atoms with E-state index in [4.69, 9.17) is 4.42 Å². The first-order chi connectivity index (χ1) is 17.9. The normalized spacial score (nSPS) is 22.1. The summed E-state index contributed by atoms with van der Waals surface area (Å²) < 4.78 is 21.2. The smallest absolute Gasteiger partial charge is 0.250 e. The molecule has 9 heteroatoms. The molecule has 0 saturated carbocycles. The first kappa shape index (κ1) is 23.9. The number of rotatable bonds is 5. The molecule has 8 nitrogen and oxygen atoms in total. The van der Waals surface area contributed by atoms with Crippen molar-refractivity contribution in [3.63, 3.8) is 0 Å². The number of hydrogen-bond acceptors (Lipinski definition) is 7. The fourth-order valence-electron chi connectivity index (χ4n) is 6.14. The fourth-order valence-corrected chi connectivity index (χ4v) is 6.14. The van der Waals surface area contributed by atoms with Gasteiger partial charge < -0.3 is 19.0 Å². The average molecular weight is 507 g/mol. The fraction of sp³-hybridized carbons (Fsp3) is 0.429. The topological polar surface area (TPSA) is 82.2 Å². The van der Waals surface area contributed by atoms with Crippen LogP contribution in [0.15, 0.2) is 62.5 Å². The van der Waals surface area contributed by atoms with E-state index in [0.717, 1.165) is 63.6 Å². The van der Waals surface area contributed by atoms with Gasteiger partial charge in [-0.25, -0.2) is 4.39 Å². The van der Waals surface area contributed by atoms with E-state index in [9.17, 15) is 19.1 Å². The minimum absolute atomic E-state index is 0.0633. The van der Waals surface area contributed by atoms with Gasteiger partial charge in [0.2, 0.25) is 11.2 Å². The van der Waals surface area contributed by atoms with Crippen LogP contribution in [0, 0.1) is 11.7 Å². The van der Waals surface area contributed by atoms with Gasteiger partial charge in [-0.05, 0) is 42.7 Å². The zero-order valence-electron chi connectivity index (χ0n) is 20.7. The molecule has 3 aromatic rings. The summed E-state index contributed by atoms with van der Waals surface area (Å²) in [7, 11) is 0. The molecular weight excluding hydrogens is 475 g/mol. The van der Waals surface area contributed by atoms with Gasteiger partial charge in [-0.2, -0.15) is 0 Å². The number of aromatic nitrogens is 1. The highest BCUT2D eigenvalue weighted by molar-refractivity contribution is 5.46. The first-order valence-corrected chi connectivity index (χ1v) is 12.9. The standard InChI is InChI=1S/C28H31FN4O4/c29-21-4-6-22(7-5-21)32-10-8-30(9-11-32)18-26-28(36)25(34)13-23(37-26)17-31-14-19-12-20(16-31)24-2-1-3-27(35)33(24)15-19/h1-7,13,19-20,36H,8-12,14-18H2/t19-,20+/m0/s1. The number of piperidine rings is 1. The first-order valence-electron chi connectivity index (χ1n) is 12.9. The van der Waals surface area contributed by atoms with Crippen LogP contribution in [0.5, 0.6) is 5.75 Å².